The SMILES string of the molecule is CNC.Cc1c(C=Cc2ccc(C#N)cc2)ccc2c(CCC3CCN(Cc4ccccc4)CC3)noc12. The van der Waals surface area contributed by atoms with Gasteiger partial charge in [0.2, 0.25) is 0 Å². The highest BCUT2D eigenvalue weighted by Crippen LogP contribution is 2.29. The van der Waals surface area contributed by atoms with Gasteiger partial charge in [-0.3, -0.25) is 4.90 Å². The lowest BCUT2D eigenvalue weighted by molar-refractivity contribution is 0.172. The Hall–Kier alpha value is -3.72. The fraction of sp³-hybridized carbons (Fsp3) is 0.333. The lowest BCUT2D eigenvalue weighted by atomic mass is 9.90. The van der Waals surface area contributed by atoms with Crippen LogP contribution in [0.1, 0.15) is 52.8 Å². The first-order valence-electron chi connectivity index (χ1n) is 13.5. The van der Waals surface area contributed by atoms with Gasteiger partial charge in [-0.25, -0.2) is 0 Å². The molecule has 196 valence electrons. The summed E-state index contributed by atoms with van der Waals surface area (Å²) in [6, 6.07) is 24.8. The summed E-state index contributed by atoms with van der Waals surface area (Å²) in [6.07, 6.45) is 8.81. The standard InChI is InChI=1S/C31H31N3O.C2H7N/c1-23-28(13-11-24-7-9-26(21-32)10-8-24)14-15-29-30(33-35-31(23)29)16-12-25-17-19-34(20-18-25)22-27-5-3-2-4-6-27;1-3-2/h2-11,13-15,25H,12,16-20,22H2,1H3;3H,1-2H3. The maximum atomic E-state index is 8.96. The molecule has 0 atom stereocenters. The van der Waals surface area contributed by atoms with Crippen molar-refractivity contribution in [3.63, 3.8) is 0 Å². The summed E-state index contributed by atoms with van der Waals surface area (Å²) in [7, 11) is 3.75. The summed E-state index contributed by atoms with van der Waals surface area (Å²) in [5.74, 6) is 0.754. The van der Waals surface area contributed by atoms with Crippen molar-refractivity contribution in [2.24, 2.45) is 5.92 Å². The van der Waals surface area contributed by atoms with Crippen LogP contribution in [0.2, 0.25) is 0 Å². The van der Waals surface area contributed by atoms with E-state index in [-0.39, 0.29) is 0 Å². The fourth-order valence-electron chi connectivity index (χ4n) is 5.03. The van der Waals surface area contributed by atoms with Gasteiger partial charge in [-0.05, 0) is 101 Å². The molecule has 1 aliphatic heterocycles. The zero-order chi connectivity index (χ0) is 26.7. The maximum Gasteiger partial charge on any atom is 0.170 e. The van der Waals surface area contributed by atoms with E-state index in [2.05, 4.69) is 83.0 Å². The number of piperidine rings is 1. The van der Waals surface area contributed by atoms with E-state index in [1.165, 1.54) is 37.9 Å². The minimum Gasteiger partial charge on any atom is -0.356 e. The van der Waals surface area contributed by atoms with Crippen LogP contribution in [0.3, 0.4) is 0 Å². The Labute approximate surface area is 226 Å². The molecule has 0 radical (unpaired) electrons. The molecule has 2 heterocycles. The van der Waals surface area contributed by atoms with Crippen LogP contribution in [0, 0.1) is 24.2 Å². The summed E-state index contributed by atoms with van der Waals surface area (Å²) >= 11 is 0. The number of nitrogens with zero attached hydrogens (tertiary/aromatic N) is 3. The summed E-state index contributed by atoms with van der Waals surface area (Å²) in [6.45, 7) is 5.50. The van der Waals surface area contributed by atoms with Gasteiger partial charge in [0.1, 0.15) is 0 Å². The number of hydrogen-bond donors (Lipinski definition) is 1. The number of rotatable bonds is 7. The van der Waals surface area contributed by atoms with E-state index >= 15 is 0 Å². The minimum atomic E-state index is 0.673. The van der Waals surface area contributed by atoms with E-state index in [9.17, 15) is 0 Å². The van der Waals surface area contributed by atoms with Crippen molar-refractivity contribution >= 4 is 23.1 Å². The lowest BCUT2D eigenvalue weighted by Gasteiger charge is -2.31. The van der Waals surface area contributed by atoms with Crippen molar-refractivity contribution < 1.29 is 4.52 Å². The van der Waals surface area contributed by atoms with Crippen molar-refractivity contribution in [1.82, 2.24) is 15.4 Å². The summed E-state index contributed by atoms with van der Waals surface area (Å²) in [4.78, 5) is 2.58. The second-order valence-corrected chi connectivity index (χ2v) is 10.1. The third kappa shape index (κ3) is 7.19. The van der Waals surface area contributed by atoms with Crippen molar-refractivity contribution in [1.29, 1.82) is 5.26 Å². The summed E-state index contributed by atoms with van der Waals surface area (Å²) < 4.78 is 5.80. The quantitative estimate of drug-likeness (QED) is 0.277. The summed E-state index contributed by atoms with van der Waals surface area (Å²) in [5.41, 5.74) is 7.34. The average molecular weight is 507 g/mol. The molecular weight excluding hydrogens is 468 g/mol. The number of aryl methyl sites for hydroxylation is 2. The third-order valence-electron chi connectivity index (χ3n) is 7.25. The van der Waals surface area contributed by atoms with Gasteiger partial charge >= 0.3 is 0 Å². The number of fused-ring (bicyclic) bond motifs is 1. The molecule has 5 heteroatoms. The number of likely N-dealkylation sites (tertiary alicyclic amines) is 1. The van der Waals surface area contributed by atoms with Crippen LogP contribution in [0.4, 0.5) is 0 Å². The Bertz CT molecular complexity index is 1360. The Morgan fingerprint density at radius 2 is 1.71 bits per heavy atom. The predicted octanol–water partition coefficient (Wildman–Crippen LogP) is 6.86. The van der Waals surface area contributed by atoms with E-state index in [0.717, 1.165) is 52.2 Å². The Balaban J connectivity index is 0.00000107. The van der Waals surface area contributed by atoms with E-state index < -0.39 is 0 Å². The molecule has 0 aliphatic carbocycles. The van der Waals surface area contributed by atoms with Gasteiger partial charge < -0.3 is 9.84 Å². The van der Waals surface area contributed by atoms with E-state index in [1.54, 1.807) is 0 Å². The van der Waals surface area contributed by atoms with Crippen molar-refractivity contribution in [2.45, 2.75) is 39.2 Å². The topological polar surface area (TPSA) is 65.1 Å². The molecule has 0 spiro atoms. The first-order valence-corrected chi connectivity index (χ1v) is 13.5. The van der Waals surface area contributed by atoms with Crippen LogP contribution in [-0.2, 0) is 13.0 Å². The zero-order valence-electron chi connectivity index (χ0n) is 22.8. The van der Waals surface area contributed by atoms with Crippen LogP contribution in [-0.4, -0.2) is 37.2 Å². The van der Waals surface area contributed by atoms with Gasteiger partial charge in [-0.15, -0.1) is 0 Å². The van der Waals surface area contributed by atoms with Crippen LogP contribution in [0.25, 0.3) is 23.1 Å². The van der Waals surface area contributed by atoms with E-state index in [4.69, 9.17) is 9.78 Å². The molecule has 1 saturated heterocycles. The summed E-state index contributed by atoms with van der Waals surface area (Å²) in [5, 5.41) is 17.3. The van der Waals surface area contributed by atoms with Gasteiger partial charge in [0.15, 0.2) is 5.58 Å². The van der Waals surface area contributed by atoms with Gasteiger partial charge in [-0.1, -0.05) is 65.8 Å². The van der Waals surface area contributed by atoms with Crippen molar-refractivity contribution in [3.8, 4) is 6.07 Å². The highest BCUT2D eigenvalue weighted by Gasteiger charge is 2.20. The predicted molar refractivity (Wildman–Crippen MR) is 157 cm³/mol. The average Bonchev–Trinajstić information content (AvgIpc) is 3.37. The normalized spacial score (nSPS) is 14.4. The highest BCUT2D eigenvalue weighted by molar-refractivity contribution is 5.87. The van der Waals surface area contributed by atoms with Gasteiger partial charge in [0.05, 0.1) is 17.3 Å². The monoisotopic (exact) mass is 506 g/mol. The lowest BCUT2D eigenvalue weighted by Crippen LogP contribution is -2.33. The minimum absolute atomic E-state index is 0.673. The molecule has 3 aromatic carbocycles. The molecule has 0 unspecified atom stereocenters. The first-order chi connectivity index (χ1) is 18.6. The van der Waals surface area contributed by atoms with Crippen LogP contribution < -0.4 is 5.32 Å². The van der Waals surface area contributed by atoms with Gasteiger partial charge in [-0.2, -0.15) is 5.26 Å². The Kier molecular flexibility index (Phi) is 9.86. The fourth-order valence-corrected chi connectivity index (χ4v) is 5.03. The van der Waals surface area contributed by atoms with E-state index in [0.29, 0.717) is 5.56 Å². The van der Waals surface area contributed by atoms with E-state index in [1.807, 2.05) is 38.4 Å². The molecule has 1 fully saturated rings. The number of nitriles is 1. The molecule has 5 rings (SSSR count). The number of aromatic nitrogens is 1. The third-order valence-corrected chi connectivity index (χ3v) is 7.25. The highest BCUT2D eigenvalue weighted by atomic mass is 16.5. The molecule has 0 amide bonds. The van der Waals surface area contributed by atoms with Crippen molar-refractivity contribution in [2.75, 3.05) is 27.2 Å². The smallest absolute Gasteiger partial charge is 0.170 e. The van der Waals surface area contributed by atoms with Crippen LogP contribution >= 0.6 is 0 Å². The molecule has 1 N–H and O–H groups in total. The van der Waals surface area contributed by atoms with Crippen LogP contribution in [0.5, 0.6) is 0 Å². The first kappa shape index (κ1) is 27.3. The molecule has 38 heavy (non-hydrogen) atoms. The second kappa shape index (κ2) is 13.7. The molecule has 0 bridgehead atoms. The number of nitrogens with one attached hydrogen (secondary N) is 1. The van der Waals surface area contributed by atoms with Crippen molar-refractivity contribution in [3.05, 3.63) is 100 Å². The van der Waals surface area contributed by atoms with Gasteiger partial charge in [0, 0.05) is 17.5 Å². The molecule has 4 aromatic rings. The van der Waals surface area contributed by atoms with Gasteiger partial charge in [0.25, 0.3) is 0 Å². The second-order valence-electron chi connectivity index (χ2n) is 10.1. The molecule has 1 aromatic heterocycles. The molecule has 5 nitrogen and oxygen atoms in total. The Morgan fingerprint density at radius 1 is 1.00 bits per heavy atom. The molecule has 1 aliphatic rings. The maximum absolute atomic E-state index is 8.96. The Morgan fingerprint density at radius 3 is 2.39 bits per heavy atom. The largest absolute Gasteiger partial charge is 0.356 e. The number of hydrogen-bond acceptors (Lipinski definition) is 5. The molecule has 0 saturated carbocycles. The van der Waals surface area contributed by atoms with Crippen LogP contribution in [0.15, 0.2) is 71.3 Å². The zero-order valence-corrected chi connectivity index (χ0v) is 22.8. The molecular formula is C33H38N4O. The number of benzene rings is 3.